The standard InChI is InChI=1S/C14H19N3/c1-3-11(4-1)10-16-7-8-17-14(16)9-13(15-17)12-5-2-6-12/h7-9,11-12H,1-6,10H2. The molecule has 17 heavy (non-hydrogen) atoms. The molecule has 2 fully saturated rings. The molecule has 2 aliphatic carbocycles. The van der Waals surface area contributed by atoms with Gasteiger partial charge in [-0.3, -0.25) is 0 Å². The normalized spacial score (nSPS) is 21.6. The van der Waals surface area contributed by atoms with Crippen molar-refractivity contribution in [3.63, 3.8) is 0 Å². The summed E-state index contributed by atoms with van der Waals surface area (Å²) in [5, 5.41) is 4.70. The highest BCUT2D eigenvalue weighted by Crippen LogP contribution is 2.36. The molecule has 0 radical (unpaired) electrons. The lowest BCUT2D eigenvalue weighted by Gasteiger charge is -2.25. The van der Waals surface area contributed by atoms with E-state index in [4.69, 9.17) is 5.10 Å². The molecule has 2 heterocycles. The predicted molar refractivity (Wildman–Crippen MR) is 67.1 cm³/mol. The Balaban J connectivity index is 1.64. The van der Waals surface area contributed by atoms with Crippen LogP contribution in [0.25, 0.3) is 5.65 Å². The van der Waals surface area contributed by atoms with Crippen LogP contribution in [0.15, 0.2) is 18.5 Å². The number of hydrogen-bond acceptors (Lipinski definition) is 1. The van der Waals surface area contributed by atoms with Crippen molar-refractivity contribution in [2.45, 2.75) is 51.0 Å². The Kier molecular flexibility index (Phi) is 2.08. The van der Waals surface area contributed by atoms with E-state index in [1.165, 1.54) is 56.4 Å². The van der Waals surface area contributed by atoms with Crippen LogP contribution < -0.4 is 0 Å². The fourth-order valence-electron chi connectivity index (χ4n) is 2.96. The van der Waals surface area contributed by atoms with Gasteiger partial charge >= 0.3 is 0 Å². The molecule has 2 aromatic rings. The Morgan fingerprint density at radius 1 is 1.12 bits per heavy atom. The zero-order valence-electron chi connectivity index (χ0n) is 10.2. The Morgan fingerprint density at radius 2 is 1.94 bits per heavy atom. The summed E-state index contributed by atoms with van der Waals surface area (Å²) in [5.74, 6) is 1.65. The topological polar surface area (TPSA) is 22.2 Å². The van der Waals surface area contributed by atoms with Crippen molar-refractivity contribution in [1.29, 1.82) is 0 Å². The van der Waals surface area contributed by atoms with Gasteiger partial charge in [0.1, 0.15) is 5.65 Å². The zero-order chi connectivity index (χ0) is 11.2. The van der Waals surface area contributed by atoms with Crippen molar-refractivity contribution in [2.24, 2.45) is 5.92 Å². The van der Waals surface area contributed by atoms with Crippen LogP contribution in [-0.4, -0.2) is 14.2 Å². The average Bonchev–Trinajstić information content (AvgIpc) is 2.69. The predicted octanol–water partition coefficient (Wildman–Crippen LogP) is 3.20. The first-order valence-electron chi connectivity index (χ1n) is 6.94. The van der Waals surface area contributed by atoms with Gasteiger partial charge < -0.3 is 4.57 Å². The van der Waals surface area contributed by atoms with Crippen molar-refractivity contribution in [3.05, 3.63) is 24.2 Å². The molecule has 90 valence electrons. The molecule has 4 rings (SSSR count). The van der Waals surface area contributed by atoms with Crippen LogP contribution in [0, 0.1) is 5.92 Å². The number of nitrogens with zero attached hydrogens (tertiary/aromatic N) is 3. The van der Waals surface area contributed by atoms with Crippen molar-refractivity contribution < 1.29 is 0 Å². The summed E-state index contributed by atoms with van der Waals surface area (Å²) in [4.78, 5) is 0. The molecule has 0 aromatic carbocycles. The number of imidazole rings is 1. The average molecular weight is 229 g/mol. The summed E-state index contributed by atoms with van der Waals surface area (Å²) in [6.07, 6.45) is 12.6. The van der Waals surface area contributed by atoms with E-state index in [0.717, 1.165) is 11.8 Å². The van der Waals surface area contributed by atoms with Gasteiger partial charge in [0.15, 0.2) is 0 Å². The summed E-state index contributed by atoms with van der Waals surface area (Å²) >= 11 is 0. The monoisotopic (exact) mass is 229 g/mol. The third-order valence-corrected chi connectivity index (χ3v) is 4.62. The molecule has 3 heteroatoms. The van der Waals surface area contributed by atoms with E-state index in [1.54, 1.807) is 0 Å². The van der Waals surface area contributed by atoms with E-state index < -0.39 is 0 Å². The highest BCUT2D eigenvalue weighted by atomic mass is 15.3. The maximum Gasteiger partial charge on any atom is 0.136 e. The maximum absolute atomic E-state index is 4.70. The molecule has 0 N–H and O–H groups in total. The minimum atomic E-state index is 0.743. The number of fused-ring (bicyclic) bond motifs is 1. The molecule has 0 unspecified atom stereocenters. The van der Waals surface area contributed by atoms with Crippen LogP contribution in [0.4, 0.5) is 0 Å². The van der Waals surface area contributed by atoms with Gasteiger partial charge in [-0.05, 0) is 31.6 Å². The summed E-state index contributed by atoms with van der Waals surface area (Å²) in [6.45, 7) is 1.19. The summed E-state index contributed by atoms with van der Waals surface area (Å²) in [6, 6.07) is 2.31. The lowest BCUT2D eigenvalue weighted by molar-refractivity contribution is 0.279. The summed E-state index contributed by atoms with van der Waals surface area (Å²) in [7, 11) is 0. The van der Waals surface area contributed by atoms with Crippen molar-refractivity contribution >= 4 is 5.65 Å². The van der Waals surface area contributed by atoms with E-state index in [1.807, 2.05) is 0 Å². The Hall–Kier alpha value is -1.25. The molecule has 0 aliphatic heterocycles. The van der Waals surface area contributed by atoms with Gasteiger partial charge in [-0.1, -0.05) is 12.8 Å². The van der Waals surface area contributed by atoms with Gasteiger partial charge in [0.2, 0.25) is 0 Å². The molecule has 0 saturated heterocycles. The van der Waals surface area contributed by atoms with Gasteiger partial charge in [0.05, 0.1) is 5.69 Å². The highest BCUT2D eigenvalue weighted by molar-refractivity contribution is 5.42. The molecule has 0 atom stereocenters. The molecule has 0 spiro atoms. The van der Waals surface area contributed by atoms with E-state index in [0.29, 0.717) is 0 Å². The van der Waals surface area contributed by atoms with E-state index in [2.05, 4.69) is 27.5 Å². The van der Waals surface area contributed by atoms with E-state index in [9.17, 15) is 0 Å². The maximum atomic E-state index is 4.70. The number of hydrogen-bond donors (Lipinski definition) is 0. The van der Waals surface area contributed by atoms with Crippen molar-refractivity contribution in [3.8, 4) is 0 Å². The first-order chi connectivity index (χ1) is 8.40. The number of aromatic nitrogens is 3. The van der Waals surface area contributed by atoms with Gasteiger partial charge in [0.25, 0.3) is 0 Å². The molecule has 2 aromatic heterocycles. The highest BCUT2D eigenvalue weighted by Gasteiger charge is 2.24. The lowest BCUT2D eigenvalue weighted by Crippen LogP contribution is -2.17. The van der Waals surface area contributed by atoms with E-state index >= 15 is 0 Å². The van der Waals surface area contributed by atoms with Crippen LogP contribution in [0.5, 0.6) is 0 Å². The molecular formula is C14H19N3. The molecular weight excluding hydrogens is 210 g/mol. The zero-order valence-corrected chi connectivity index (χ0v) is 10.2. The fourth-order valence-corrected chi connectivity index (χ4v) is 2.96. The van der Waals surface area contributed by atoms with Crippen molar-refractivity contribution in [2.75, 3.05) is 0 Å². The van der Waals surface area contributed by atoms with Gasteiger partial charge in [-0.25, -0.2) is 4.52 Å². The smallest absolute Gasteiger partial charge is 0.136 e. The van der Waals surface area contributed by atoms with Gasteiger partial charge in [-0.2, -0.15) is 5.10 Å². The van der Waals surface area contributed by atoms with Gasteiger partial charge in [-0.15, -0.1) is 0 Å². The second-order valence-electron chi connectivity index (χ2n) is 5.75. The van der Waals surface area contributed by atoms with Crippen LogP contribution >= 0.6 is 0 Å². The molecule has 0 bridgehead atoms. The van der Waals surface area contributed by atoms with Gasteiger partial charge in [0, 0.05) is 30.9 Å². The van der Waals surface area contributed by atoms with E-state index in [-0.39, 0.29) is 0 Å². The first-order valence-corrected chi connectivity index (χ1v) is 6.94. The summed E-state index contributed by atoms with van der Waals surface area (Å²) in [5.41, 5.74) is 2.60. The van der Waals surface area contributed by atoms with Crippen molar-refractivity contribution in [1.82, 2.24) is 14.2 Å². The van der Waals surface area contributed by atoms with Crippen LogP contribution in [-0.2, 0) is 6.54 Å². The van der Waals surface area contributed by atoms with Crippen LogP contribution in [0.3, 0.4) is 0 Å². The Morgan fingerprint density at radius 3 is 2.59 bits per heavy atom. The molecule has 3 nitrogen and oxygen atoms in total. The third kappa shape index (κ3) is 1.52. The molecule has 0 amide bonds. The Bertz CT molecular complexity index is 529. The van der Waals surface area contributed by atoms with Crippen LogP contribution in [0.1, 0.15) is 50.1 Å². The second-order valence-corrected chi connectivity index (χ2v) is 5.75. The summed E-state index contributed by atoms with van der Waals surface area (Å²) < 4.78 is 4.45. The minimum absolute atomic E-state index is 0.743. The largest absolute Gasteiger partial charge is 0.331 e. The first kappa shape index (κ1) is 9.75. The third-order valence-electron chi connectivity index (χ3n) is 4.62. The molecule has 2 saturated carbocycles. The Labute approximate surface area is 101 Å². The quantitative estimate of drug-likeness (QED) is 0.792. The van der Waals surface area contributed by atoms with Crippen LogP contribution in [0.2, 0.25) is 0 Å². The number of rotatable bonds is 3. The second kappa shape index (κ2) is 3.62. The minimum Gasteiger partial charge on any atom is -0.331 e. The molecule has 2 aliphatic rings. The fraction of sp³-hybridized carbons (Fsp3) is 0.643. The SMILES string of the molecule is c1c(C2CCC2)nn2ccn(CC3CCC3)c12. The lowest BCUT2D eigenvalue weighted by atomic mass is 9.83.